The molecule has 0 saturated carbocycles. The van der Waals surface area contributed by atoms with Crippen LogP contribution in [0.2, 0.25) is 0 Å². The number of hydrogen-bond donors (Lipinski definition) is 1. The molecule has 0 heterocycles. The third-order valence-electron chi connectivity index (χ3n) is 3.33. The third-order valence-corrected chi connectivity index (χ3v) is 3.69. The van der Waals surface area contributed by atoms with E-state index in [1.54, 1.807) is 0 Å². The Hall–Kier alpha value is -1.61. The molecule has 1 aromatic rings. The average Bonchev–Trinajstić information content (AvgIpc) is 2.47. The van der Waals surface area contributed by atoms with Crippen LogP contribution in [0.25, 0.3) is 0 Å². The van der Waals surface area contributed by atoms with E-state index in [0.717, 1.165) is 12.1 Å². The molecule has 1 atom stereocenters. The summed E-state index contributed by atoms with van der Waals surface area (Å²) in [6.45, 7) is 13.4. The number of nitrogens with one attached hydrogen (secondary N) is 1. The maximum atomic E-state index is 5.41. The van der Waals surface area contributed by atoms with Crippen molar-refractivity contribution in [2.24, 2.45) is 0 Å². The van der Waals surface area contributed by atoms with E-state index in [9.17, 15) is 0 Å². The SMILES string of the molecule is C=CCN(CC=C)C(=S)Nc1ccc(C(C)CC)cc1. The summed E-state index contributed by atoms with van der Waals surface area (Å²) < 4.78 is 0. The van der Waals surface area contributed by atoms with Crippen molar-refractivity contribution >= 4 is 23.0 Å². The molecule has 1 unspecified atom stereocenters. The second-order valence-electron chi connectivity index (χ2n) is 4.84. The molecule has 108 valence electrons. The molecule has 1 N–H and O–H groups in total. The van der Waals surface area contributed by atoms with Crippen molar-refractivity contribution in [2.45, 2.75) is 26.2 Å². The first-order valence-corrected chi connectivity index (χ1v) is 7.40. The Bertz CT molecular complexity index is 441. The van der Waals surface area contributed by atoms with Gasteiger partial charge in [-0.3, -0.25) is 0 Å². The molecule has 0 bridgehead atoms. The summed E-state index contributed by atoms with van der Waals surface area (Å²) in [5, 5.41) is 3.95. The fourth-order valence-corrected chi connectivity index (χ4v) is 2.15. The van der Waals surface area contributed by atoms with Gasteiger partial charge >= 0.3 is 0 Å². The maximum Gasteiger partial charge on any atom is 0.173 e. The third kappa shape index (κ3) is 4.82. The fraction of sp³-hybridized carbons (Fsp3) is 0.353. The largest absolute Gasteiger partial charge is 0.342 e. The summed E-state index contributed by atoms with van der Waals surface area (Å²) >= 11 is 5.41. The van der Waals surface area contributed by atoms with Crippen LogP contribution in [0.1, 0.15) is 31.7 Å². The first kappa shape index (κ1) is 16.4. The highest BCUT2D eigenvalue weighted by Gasteiger charge is 2.07. The molecule has 20 heavy (non-hydrogen) atoms. The van der Waals surface area contributed by atoms with Gasteiger partial charge in [-0.15, -0.1) is 13.2 Å². The molecule has 0 spiro atoms. The Morgan fingerprint density at radius 1 is 1.25 bits per heavy atom. The zero-order valence-electron chi connectivity index (χ0n) is 12.4. The van der Waals surface area contributed by atoms with Crippen LogP contribution in [0, 0.1) is 0 Å². The Kier molecular flexibility index (Phi) is 7.02. The monoisotopic (exact) mass is 288 g/mol. The second kappa shape index (κ2) is 8.54. The van der Waals surface area contributed by atoms with Gasteiger partial charge in [0.25, 0.3) is 0 Å². The fourth-order valence-electron chi connectivity index (χ4n) is 1.89. The van der Waals surface area contributed by atoms with Gasteiger partial charge in [-0.1, -0.05) is 38.1 Å². The predicted octanol–water partition coefficient (Wildman–Crippen LogP) is 4.57. The average molecular weight is 288 g/mol. The second-order valence-corrected chi connectivity index (χ2v) is 5.23. The lowest BCUT2D eigenvalue weighted by Gasteiger charge is -2.23. The van der Waals surface area contributed by atoms with Gasteiger partial charge in [0, 0.05) is 18.8 Å². The quantitative estimate of drug-likeness (QED) is 0.584. The Morgan fingerprint density at radius 2 is 1.80 bits per heavy atom. The molecule has 1 aromatic carbocycles. The topological polar surface area (TPSA) is 15.3 Å². The van der Waals surface area contributed by atoms with Crippen LogP contribution < -0.4 is 5.32 Å². The highest BCUT2D eigenvalue weighted by Crippen LogP contribution is 2.20. The lowest BCUT2D eigenvalue weighted by atomic mass is 9.99. The first-order valence-electron chi connectivity index (χ1n) is 7.00. The van der Waals surface area contributed by atoms with E-state index < -0.39 is 0 Å². The van der Waals surface area contributed by atoms with Crippen molar-refractivity contribution in [2.75, 3.05) is 18.4 Å². The van der Waals surface area contributed by atoms with E-state index in [4.69, 9.17) is 12.2 Å². The maximum absolute atomic E-state index is 5.41. The van der Waals surface area contributed by atoms with Gasteiger partial charge in [-0.25, -0.2) is 0 Å². The van der Waals surface area contributed by atoms with Crippen LogP contribution in [0.3, 0.4) is 0 Å². The molecule has 0 amide bonds. The molecule has 0 aliphatic carbocycles. The minimum Gasteiger partial charge on any atom is -0.342 e. The standard InChI is InChI=1S/C17H24N2S/c1-5-12-19(13-6-2)17(20)18-16-10-8-15(9-11-16)14(4)7-3/h5-6,8-11,14H,1-2,7,12-13H2,3-4H3,(H,18,20). The van der Waals surface area contributed by atoms with E-state index in [-0.39, 0.29) is 0 Å². The van der Waals surface area contributed by atoms with Gasteiger partial charge in [0.2, 0.25) is 0 Å². The summed E-state index contributed by atoms with van der Waals surface area (Å²) in [7, 11) is 0. The van der Waals surface area contributed by atoms with Crippen LogP contribution in [0.4, 0.5) is 5.69 Å². The number of benzene rings is 1. The van der Waals surface area contributed by atoms with Gasteiger partial charge in [0.15, 0.2) is 5.11 Å². The molecular formula is C17H24N2S. The summed E-state index contributed by atoms with van der Waals surface area (Å²) in [5.74, 6) is 0.592. The van der Waals surface area contributed by atoms with Gasteiger partial charge in [-0.05, 0) is 42.3 Å². The van der Waals surface area contributed by atoms with E-state index >= 15 is 0 Å². The molecule has 0 fully saturated rings. The summed E-state index contributed by atoms with van der Waals surface area (Å²) in [6, 6.07) is 8.47. The Morgan fingerprint density at radius 3 is 2.25 bits per heavy atom. The zero-order chi connectivity index (χ0) is 15.0. The van der Waals surface area contributed by atoms with Crippen molar-refractivity contribution in [1.82, 2.24) is 4.90 Å². The normalized spacial score (nSPS) is 11.5. The Labute approximate surface area is 128 Å². The number of hydrogen-bond acceptors (Lipinski definition) is 1. The lowest BCUT2D eigenvalue weighted by Crippen LogP contribution is -2.34. The highest BCUT2D eigenvalue weighted by atomic mass is 32.1. The molecule has 2 nitrogen and oxygen atoms in total. The van der Waals surface area contributed by atoms with Gasteiger partial charge < -0.3 is 10.2 Å². The lowest BCUT2D eigenvalue weighted by molar-refractivity contribution is 0.522. The first-order chi connectivity index (χ1) is 9.62. The molecule has 1 rings (SSSR count). The molecular weight excluding hydrogens is 264 g/mol. The van der Waals surface area contributed by atoms with Crippen molar-refractivity contribution in [1.29, 1.82) is 0 Å². The van der Waals surface area contributed by atoms with Crippen molar-refractivity contribution in [3.8, 4) is 0 Å². The van der Waals surface area contributed by atoms with Crippen LogP contribution in [0.5, 0.6) is 0 Å². The number of anilines is 1. The van der Waals surface area contributed by atoms with Crippen molar-refractivity contribution in [3.05, 3.63) is 55.1 Å². The van der Waals surface area contributed by atoms with Crippen molar-refractivity contribution < 1.29 is 0 Å². The zero-order valence-corrected chi connectivity index (χ0v) is 13.2. The summed E-state index contributed by atoms with van der Waals surface area (Å²) in [5.41, 5.74) is 2.37. The molecule has 0 aromatic heterocycles. The van der Waals surface area contributed by atoms with E-state index in [1.807, 2.05) is 17.1 Å². The number of rotatable bonds is 7. The van der Waals surface area contributed by atoms with Crippen LogP contribution >= 0.6 is 12.2 Å². The van der Waals surface area contributed by atoms with Crippen molar-refractivity contribution in [3.63, 3.8) is 0 Å². The minimum absolute atomic E-state index is 0.592. The van der Waals surface area contributed by atoms with E-state index in [1.165, 1.54) is 5.56 Å². The Balaban J connectivity index is 2.69. The minimum atomic E-state index is 0.592. The molecule has 0 aliphatic heterocycles. The van der Waals surface area contributed by atoms with Crippen LogP contribution in [-0.4, -0.2) is 23.1 Å². The van der Waals surface area contributed by atoms with E-state index in [2.05, 4.69) is 56.6 Å². The predicted molar refractivity (Wildman–Crippen MR) is 93.3 cm³/mol. The number of nitrogens with zero attached hydrogens (tertiary/aromatic N) is 1. The van der Waals surface area contributed by atoms with Gasteiger partial charge in [0.05, 0.1) is 0 Å². The summed E-state index contributed by atoms with van der Waals surface area (Å²) in [4.78, 5) is 2.01. The van der Waals surface area contributed by atoms with E-state index in [0.29, 0.717) is 24.1 Å². The van der Waals surface area contributed by atoms with Gasteiger partial charge in [-0.2, -0.15) is 0 Å². The summed E-state index contributed by atoms with van der Waals surface area (Å²) in [6.07, 6.45) is 4.82. The number of thiocarbonyl (C=S) groups is 1. The van der Waals surface area contributed by atoms with Crippen LogP contribution in [-0.2, 0) is 0 Å². The van der Waals surface area contributed by atoms with Gasteiger partial charge in [0.1, 0.15) is 0 Å². The molecule has 0 saturated heterocycles. The molecule has 3 heteroatoms. The van der Waals surface area contributed by atoms with Crippen LogP contribution in [0.15, 0.2) is 49.6 Å². The smallest absolute Gasteiger partial charge is 0.173 e. The highest BCUT2D eigenvalue weighted by molar-refractivity contribution is 7.80. The molecule has 0 radical (unpaired) electrons. The molecule has 0 aliphatic rings.